The van der Waals surface area contributed by atoms with E-state index >= 15 is 0 Å². The van der Waals surface area contributed by atoms with Crippen LogP contribution in [0.5, 0.6) is 0 Å². The van der Waals surface area contributed by atoms with Crippen molar-refractivity contribution in [1.82, 2.24) is 23.8 Å². The van der Waals surface area contributed by atoms with Crippen LogP contribution in [0.3, 0.4) is 0 Å². The molecule has 0 radical (unpaired) electrons. The highest BCUT2D eigenvalue weighted by molar-refractivity contribution is 6.30. The number of nitrogens with zero attached hydrogens (tertiary/aromatic N) is 5. The lowest BCUT2D eigenvalue weighted by Gasteiger charge is -2.05. The number of nitrogens with one attached hydrogen (secondary N) is 1. The van der Waals surface area contributed by atoms with Gasteiger partial charge in [0.15, 0.2) is 5.65 Å². The van der Waals surface area contributed by atoms with E-state index in [1.807, 2.05) is 43.3 Å². The molecule has 0 saturated carbocycles. The molecule has 8 nitrogen and oxygen atoms in total. The van der Waals surface area contributed by atoms with E-state index in [0.29, 0.717) is 21.9 Å². The van der Waals surface area contributed by atoms with Crippen molar-refractivity contribution >= 4 is 34.4 Å². The summed E-state index contributed by atoms with van der Waals surface area (Å²) in [7, 11) is 0. The average molecular weight is 433 g/mol. The topological polar surface area (TPSA) is 85.7 Å². The number of benzene rings is 2. The standard InChI is InChI=1S/C22H17ClN6O2/c1-14-3-2-4-17(11-14)24-20(30)13-29-22(31)27-9-10-28-19(21(27)26-29)12-18(25-28)15-5-7-16(23)8-6-15/h2-12H,13H2,1H3,(H,24,30). The molecule has 0 aliphatic rings. The van der Waals surface area contributed by atoms with Crippen LogP contribution in [0, 0.1) is 6.92 Å². The lowest BCUT2D eigenvalue weighted by molar-refractivity contribution is -0.117. The monoisotopic (exact) mass is 432 g/mol. The van der Waals surface area contributed by atoms with Crippen molar-refractivity contribution < 1.29 is 4.79 Å². The predicted octanol–water partition coefficient (Wildman–Crippen LogP) is 3.41. The van der Waals surface area contributed by atoms with Crippen molar-refractivity contribution in [3.05, 3.63) is 88.1 Å². The molecule has 3 heterocycles. The number of aromatic nitrogens is 5. The molecule has 5 aromatic rings. The summed E-state index contributed by atoms with van der Waals surface area (Å²) in [4.78, 5) is 25.2. The number of amides is 1. The third kappa shape index (κ3) is 3.57. The minimum Gasteiger partial charge on any atom is -0.324 e. The first-order chi connectivity index (χ1) is 15.0. The van der Waals surface area contributed by atoms with Crippen molar-refractivity contribution in [2.24, 2.45) is 0 Å². The van der Waals surface area contributed by atoms with E-state index in [1.165, 1.54) is 4.40 Å². The second-order valence-corrected chi connectivity index (χ2v) is 7.65. The zero-order chi connectivity index (χ0) is 21.5. The van der Waals surface area contributed by atoms with Crippen LogP contribution in [-0.4, -0.2) is 29.7 Å². The molecule has 0 aliphatic heterocycles. The predicted molar refractivity (Wildman–Crippen MR) is 118 cm³/mol. The molecule has 0 bridgehead atoms. The molecular weight excluding hydrogens is 416 g/mol. The first-order valence-electron chi connectivity index (χ1n) is 9.58. The Labute approximate surface area is 181 Å². The Balaban J connectivity index is 1.49. The number of halogens is 1. The van der Waals surface area contributed by atoms with E-state index in [4.69, 9.17) is 11.6 Å². The average Bonchev–Trinajstić information content (AvgIpc) is 3.30. The number of anilines is 1. The largest absolute Gasteiger partial charge is 0.350 e. The number of aryl methyl sites for hydroxylation is 1. The second kappa shape index (κ2) is 7.41. The molecule has 3 aromatic heterocycles. The van der Waals surface area contributed by atoms with Gasteiger partial charge in [-0.25, -0.2) is 18.4 Å². The number of rotatable bonds is 4. The van der Waals surface area contributed by atoms with Crippen LogP contribution in [0.1, 0.15) is 5.56 Å². The Bertz CT molecular complexity index is 1500. The fraction of sp³-hybridized carbons (Fsp3) is 0.0909. The summed E-state index contributed by atoms with van der Waals surface area (Å²) >= 11 is 5.97. The number of carbonyl (C=O) groups excluding carboxylic acids is 1. The van der Waals surface area contributed by atoms with Gasteiger partial charge in [0, 0.05) is 28.7 Å². The van der Waals surface area contributed by atoms with Gasteiger partial charge in [0.2, 0.25) is 5.91 Å². The molecule has 0 aliphatic carbocycles. The smallest absolute Gasteiger partial charge is 0.324 e. The molecule has 9 heteroatoms. The van der Waals surface area contributed by atoms with Crippen LogP contribution >= 0.6 is 11.6 Å². The minimum absolute atomic E-state index is 0.196. The van der Waals surface area contributed by atoms with E-state index in [0.717, 1.165) is 21.5 Å². The highest BCUT2D eigenvalue weighted by Gasteiger charge is 2.15. The maximum absolute atomic E-state index is 12.8. The summed E-state index contributed by atoms with van der Waals surface area (Å²) in [5, 5.41) is 12.4. The van der Waals surface area contributed by atoms with Gasteiger partial charge in [-0.05, 0) is 42.8 Å². The van der Waals surface area contributed by atoms with Gasteiger partial charge in [0.25, 0.3) is 0 Å². The SMILES string of the molecule is Cc1cccc(NC(=O)Cn2nc3c4cc(-c5ccc(Cl)cc5)nn4ccn3c2=O)c1. The molecule has 0 fully saturated rings. The van der Waals surface area contributed by atoms with Gasteiger partial charge < -0.3 is 5.32 Å². The van der Waals surface area contributed by atoms with Crippen molar-refractivity contribution in [3.63, 3.8) is 0 Å². The lowest BCUT2D eigenvalue weighted by Crippen LogP contribution is -2.28. The van der Waals surface area contributed by atoms with Crippen molar-refractivity contribution in [2.45, 2.75) is 13.5 Å². The summed E-state index contributed by atoms with van der Waals surface area (Å²) in [6.45, 7) is 1.75. The summed E-state index contributed by atoms with van der Waals surface area (Å²) in [6.07, 6.45) is 3.27. The quantitative estimate of drug-likeness (QED) is 0.471. The summed E-state index contributed by atoms with van der Waals surface area (Å²) in [5.41, 5.74) is 4.00. The first-order valence-corrected chi connectivity index (χ1v) is 9.96. The normalized spacial score (nSPS) is 11.3. The van der Waals surface area contributed by atoms with Crippen molar-refractivity contribution in [3.8, 4) is 11.3 Å². The van der Waals surface area contributed by atoms with Gasteiger partial charge in [-0.3, -0.25) is 4.79 Å². The molecule has 0 spiro atoms. The molecule has 5 rings (SSSR count). The highest BCUT2D eigenvalue weighted by atomic mass is 35.5. The summed E-state index contributed by atoms with van der Waals surface area (Å²) < 4.78 is 4.21. The lowest BCUT2D eigenvalue weighted by atomic mass is 10.1. The Kier molecular flexibility index (Phi) is 4.56. The molecule has 1 amide bonds. The minimum atomic E-state index is -0.397. The number of hydrogen-bond acceptors (Lipinski definition) is 4. The highest BCUT2D eigenvalue weighted by Crippen LogP contribution is 2.23. The van der Waals surface area contributed by atoms with E-state index in [1.54, 1.807) is 35.1 Å². The molecule has 31 heavy (non-hydrogen) atoms. The van der Waals surface area contributed by atoms with Gasteiger partial charge in [-0.2, -0.15) is 5.10 Å². The molecule has 0 saturated heterocycles. The first kappa shape index (κ1) is 19.1. The number of fused-ring (bicyclic) bond motifs is 3. The van der Waals surface area contributed by atoms with E-state index in [9.17, 15) is 9.59 Å². The zero-order valence-corrected chi connectivity index (χ0v) is 17.2. The van der Waals surface area contributed by atoms with Gasteiger partial charge in [0.05, 0.1) is 5.69 Å². The Morgan fingerprint density at radius 3 is 2.65 bits per heavy atom. The Hall–Kier alpha value is -3.91. The van der Waals surface area contributed by atoms with E-state index in [-0.39, 0.29) is 12.5 Å². The van der Waals surface area contributed by atoms with Gasteiger partial charge >= 0.3 is 5.69 Å². The van der Waals surface area contributed by atoms with Gasteiger partial charge in [0.1, 0.15) is 12.1 Å². The molecule has 154 valence electrons. The third-order valence-corrected chi connectivity index (χ3v) is 5.18. The third-order valence-electron chi connectivity index (χ3n) is 4.93. The Morgan fingerprint density at radius 1 is 1.06 bits per heavy atom. The van der Waals surface area contributed by atoms with Crippen LogP contribution in [0.25, 0.3) is 22.4 Å². The van der Waals surface area contributed by atoms with Crippen LogP contribution in [0.15, 0.2) is 71.8 Å². The Morgan fingerprint density at radius 2 is 1.87 bits per heavy atom. The maximum atomic E-state index is 12.8. The van der Waals surface area contributed by atoms with Crippen LogP contribution < -0.4 is 11.0 Å². The molecule has 0 unspecified atom stereocenters. The van der Waals surface area contributed by atoms with Crippen LogP contribution in [0.4, 0.5) is 5.69 Å². The number of hydrogen-bond donors (Lipinski definition) is 1. The molecule has 1 N–H and O–H groups in total. The van der Waals surface area contributed by atoms with E-state index < -0.39 is 5.69 Å². The second-order valence-electron chi connectivity index (χ2n) is 7.22. The fourth-order valence-corrected chi connectivity index (χ4v) is 3.58. The van der Waals surface area contributed by atoms with Crippen LogP contribution in [0.2, 0.25) is 5.02 Å². The van der Waals surface area contributed by atoms with Crippen molar-refractivity contribution in [2.75, 3.05) is 5.32 Å². The molecular formula is C22H17ClN6O2. The number of carbonyl (C=O) groups is 1. The van der Waals surface area contributed by atoms with Crippen LogP contribution in [-0.2, 0) is 11.3 Å². The van der Waals surface area contributed by atoms with Gasteiger partial charge in [-0.15, -0.1) is 5.10 Å². The van der Waals surface area contributed by atoms with Crippen molar-refractivity contribution in [1.29, 1.82) is 0 Å². The summed E-state index contributed by atoms with van der Waals surface area (Å²) in [6, 6.07) is 16.6. The maximum Gasteiger partial charge on any atom is 0.350 e. The molecule has 2 aromatic carbocycles. The fourth-order valence-electron chi connectivity index (χ4n) is 3.46. The summed E-state index contributed by atoms with van der Waals surface area (Å²) in [5.74, 6) is -0.331. The van der Waals surface area contributed by atoms with Gasteiger partial charge in [-0.1, -0.05) is 35.9 Å². The molecule has 0 atom stereocenters. The van der Waals surface area contributed by atoms with E-state index in [2.05, 4.69) is 15.5 Å². The zero-order valence-electron chi connectivity index (χ0n) is 16.5.